The molecule has 0 amide bonds. The van der Waals surface area contributed by atoms with Gasteiger partial charge in [0.15, 0.2) is 0 Å². The molecular formula is C13H11BrClFN2O. The summed E-state index contributed by atoms with van der Waals surface area (Å²) in [7, 11) is 1.47. The van der Waals surface area contributed by atoms with Crippen molar-refractivity contribution in [1.29, 1.82) is 0 Å². The molecule has 2 aromatic carbocycles. The molecule has 100 valence electrons. The summed E-state index contributed by atoms with van der Waals surface area (Å²) in [5.41, 5.74) is 6.70. The number of nitrogens with two attached hydrogens (primary N) is 1. The molecule has 0 spiro atoms. The number of rotatable bonds is 3. The fourth-order valence-corrected chi connectivity index (χ4v) is 2.30. The van der Waals surface area contributed by atoms with Crippen molar-refractivity contribution < 1.29 is 9.13 Å². The molecule has 2 rings (SSSR count). The lowest BCUT2D eigenvalue weighted by molar-refractivity contribution is 0.416. The first-order chi connectivity index (χ1) is 9.01. The second-order valence-corrected chi connectivity index (χ2v) is 5.15. The zero-order valence-corrected chi connectivity index (χ0v) is 12.3. The van der Waals surface area contributed by atoms with E-state index in [0.29, 0.717) is 16.5 Å². The standard InChI is InChI=1S/C13H11BrClFN2O/c1-19-13-6-12(9(16)5-10(13)17)18-11-3-2-7(14)4-8(11)15/h2-6,18H,17H2,1H3. The van der Waals surface area contributed by atoms with E-state index in [2.05, 4.69) is 21.2 Å². The van der Waals surface area contributed by atoms with Crippen molar-refractivity contribution in [1.82, 2.24) is 0 Å². The van der Waals surface area contributed by atoms with Crippen LogP contribution in [0.25, 0.3) is 0 Å². The van der Waals surface area contributed by atoms with Crippen molar-refractivity contribution in [3.8, 4) is 5.75 Å². The zero-order chi connectivity index (χ0) is 14.0. The minimum absolute atomic E-state index is 0.243. The molecule has 0 fully saturated rings. The van der Waals surface area contributed by atoms with Crippen LogP contribution in [-0.4, -0.2) is 7.11 Å². The minimum atomic E-state index is -0.475. The summed E-state index contributed by atoms with van der Waals surface area (Å²) in [5, 5.41) is 3.38. The van der Waals surface area contributed by atoms with Gasteiger partial charge in [-0.3, -0.25) is 0 Å². The average molecular weight is 346 g/mol. The van der Waals surface area contributed by atoms with E-state index in [4.69, 9.17) is 22.1 Å². The second-order valence-electron chi connectivity index (χ2n) is 3.82. The van der Waals surface area contributed by atoms with Gasteiger partial charge < -0.3 is 15.8 Å². The highest BCUT2D eigenvalue weighted by Gasteiger charge is 2.10. The number of nitrogens with one attached hydrogen (secondary N) is 1. The number of ether oxygens (including phenoxy) is 1. The molecule has 3 nitrogen and oxygen atoms in total. The fraction of sp³-hybridized carbons (Fsp3) is 0.0769. The monoisotopic (exact) mass is 344 g/mol. The van der Waals surface area contributed by atoms with Gasteiger partial charge in [-0.25, -0.2) is 4.39 Å². The van der Waals surface area contributed by atoms with Gasteiger partial charge in [0.05, 0.1) is 29.2 Å². The second kappa shape index (κ2) is 5.67. The van der Waals surface area contributed by atoms with Crippen molar-refractivity contribution in [3.05, 3.63) is 45.6 Å². The van der Waals surface area contributed by atoms with Crippen molar-refractivity contribution >= 4 is 44.6 Å². The first-order valence-corrected chi connectivity index (χ1v) is 6.53. The van der Waals surface area contributed by atoms with Crippen LogP contribution in [0.3, 0.4) is 0 Å². The molecule has 0 aliphatic heterocycles. The van der Waals surface area contributed by atoms with E-state index in [1.54, 1.807) is 18.2 Å². The Morgan fingerprint density at radius 1 is 1.26 bits per heavy atom. The summed E-state index contributed by atoms with van der Waals surface area (Å²) in [4.78, 5) is 0. The summed E-state index contributed by atoms with van der Waals surface area (Å²) in [6.07, 6.45) is 0. The predicted octanol–water partition coefficient (Wildman–Crippen LogP) is 4.58. The third kappa shape index (κ3) is 3.11. The molecule has 0 atom stereocenters. The van der Waals surface area contributed by atoms with E-state index in [-0.39, 0.29) is 11.4 Å². The average Bonchev–Trinajstić information content (AvgIpc) is 2.35. The van der Waals surface area contributed by atoms with Gasteiger partial charge in [0.25, 0.3) is 0 Å². The Labute approximate surface area is 123 Å². The molecule has 2 aromatic rings. The number of nitrogen functional groups attached to an aromatic ring is 1. The van der Waals surface area contributed by atoms with Crippen molar-refractivity contribution in [2.24, 2.45) is 0 Å². The summed E-state index contributed by atoms with van der Waals surface area (Å²) >= 11 is 9.37. The largest absolute Gasteiger partial charge is 0.495 e. The van der Waals surface area contributed by atoms with Crippen LogP contribution < -0.4 is 15.8 Å². The Balaban J connectivity index is 2.37. The summed E-state index contributed by atoms with van der Waals surface area (Å²) in [6, 6.07) is 7.96. The van der Waals surface area contributed by atoms with Crippen LogP contribution in [0.15, 0.2) is 34.8 Å². The van der Waals surface area contributed by atoms with Gasteiger partial charge in [0, 0.05) is 16.6 Å². The normalized spacial score (nSPS) is 10.3. The van der Waals surface area contributed by atoms with E-state index in [9.17, 15) is 4.39 Å². The number of benzene rings is 2. The highest BCUT2D eigenvalue weighted by molar-refractivity contribution is 9.10. The van der Waals surface area contributed by atoms with E-state index in [1.165, 1.54) is 19.2 Å². The van der Waals surface area contributed by atoms with E-state index < -0.39 is 5.82 Å². The Hall–Kier alpha value is -1.46. The minimum Gasteiger partial charge on any atom is -0.495 e. The molecule has 0 aliphatic rings. The third-order valence-electron chi connectivity index (χ3n) is 2.52. The number of halogens is 3. The lowest BCUT2D eigenvalue weighted by Gasteiger charge is -2.12. The maximum absolute atomic E-state index is 13.8. The van der Waals surface area contributed by atoms with Gasteiger partial charge in [-0.05, 0) is 18.2 Å². The maximum atomic E-state index is 13.8. The third-order valence-corrected chi connectivity index (χ3v) is 3.33. The molecule has 0 heterocycles. The van der Waals surface area contributed by atoms with Crippen LogP contribution in [0.2, 0.25) is 5.02 Å². The molecule has 3 N–H and O–H groups in total. The lowest BCUT2D eigenvalue weighted by atomic mass is 10.2. The molecule has 6 heteroatoms. The summed E-state index contributed by atoms with van der Waals surface area (Å²) in [6.45, 7) is 0. The van der Waals surface area contributed by atoms with Gasteiger partial charge in [-0.2, -0.15) is 0 Å². The van der Waals surface area contributed by atoms with Gasteiger partial charge in [-0.15, -0.1) is 0 Å². The van der Waals surface area contributed by atoms with Crippen LogP contribution in [-0.2, 0) is 0 Å². The summed E-state index contributed by atoms with van der Waals surface area (Å²) in [5.74, 6) is -0.0746. The number of anilines is 3. The van der Waals surface area contributed by atoms with Crippen molar-refractivity contribution in [2.75, 3.05) is 18.2 Å². The Bertz CT molecular complexity index is 622. The number of methoxy groups -OCH3 is 1. The topological polar surface area (TPSA) is 47.3 Å². The fourth-order valence-electron chi connectivity index (χ4n) is 1.58. The predicted molar refractivity (Wildman–Crippen MR) is 79.8 cm³/mol. The van der Waals surface area contributed by atoms with E-state index in [0.717, 1.165) is 4.47 Å². The van der Waals surface area contributed by atoms with Crippen LogP contribution in [0.5, 0.6) is 5.75 Å². The zero-order valence-electron chi connectivity index (χ0n) is 10.0. The Morgan fingerprint density at radius 3 is 2.63 bits per heavy atom. The molecule has 0 saturated carbocycles. The van der Waals surface area contributed by atoms with Gasteiger partial charge >= 0.3 is 0 Å². The van der Waals surface area contributed by atoms with Gasteiger partial charge in [-0.1, -0.05) is 27.5 Å². The van der Waals surface area contributed by atoms with Gasteiger partial charge in [0.1, 0.15) is 11.6 Å². The molecule has 0 saturated heterocycles. The number of hydrogen-bond acceptors (Lipinski definition) is 3. The van der Waals surface area contributed by atoms with Crippen LogP contribution in [0.1, 0.15) is 0 Å². The SMILES string of the molecule is COc1cc(Nc2ccc(Br)cc2Cl)c(F)cc1N. The van der Waals surface area contributed by atoms with Crippen LogP contribution in [0.4, 0.5) is 21.5 Å². The molecule has 0 unspecified atom stereocenters. The lowest BCUT2D eigenvalue weighted by Crippen LogP contribution is -1.99. The smallest absolute Gasteiger partial charge is 0.148 e. The van der Waals surface area contributed by atoms with Crippen LogP contribution >= 0.6 is 27.5 Å². The molecule has 0 radical (unpaired) electrons. The Morgan fingerprint density at radius 2 is 2.00 bits per heavy atom. The Kier molecular flexibility index (Phi) is 4.17. The molecule has 19 heavy (non-hydrogen) atoms. The molecule has 0 aliphatic carbocycles. The number of hydrogen-bond donors (Lipinski definition) is 2. The first kappa shape index (κ1) is 14.0. The van der Waals surface area contributed by atoms with Crippen molar-refractivity contribution in [2.45, 2.75) is 0 Å². The molecule has 0 bridgehead atoms. The maximum Gasteiger partial charge on any atom is 0.148 e. The molecular weight excluding hydrogens is 335 g/mol. The van der Waals surface area contributed by atoms with E-state index >= 15 is 0 Å². The van der Waals surface area contributed by atoms with Gasteiger partial charge in [0.2, 0.25) is 0 Å². The summed E-state index contributed by atoms with van der Waals surface area (Å²) < 4.78 is 19.7. The van der Waals surface area contributed by atoms with Crippen molar-refractivity contribution in [3.63, 3.8) is 0 Å². The highest BCUT2D eigenvalue weighted by Crippen LogP contribution is 2.33. The first-order valence-electron chi connectivity index (χ1n) is 5.36. The quantitative estimate of drug-likeness (QED) is 0.801. The molecule has 0 aromatic heterocycles. The highest BCUT2D eigenvalue weighted by atomic mass is 79.9. The van der Waals surface area contributed by atoms with Crippen LogP contribution in [0, 0.1) is 5.82 Å². The van der Waals surface area contributed by atoms with E-state index in [1.807, 2.05) is 0 Å².